The monoisotopic (exact) mass is 406 g/mol. The van der Waals surface area contributed by atoms with Crippen LogP contribution in [-0.2, 0) is 14.8 Å². The largest absolute Gasteiger partial charge is 0.353 e. The molecule has 1 unspecified atom stereocenters. The maximum Gasteiger partial charge on any atom is 0.263 e. The predicted octanol–water partition coefficient (Wildman–Crippen LogP) is 1.74. The maximum absolute atomic E-state index is 12.9. The number of benzene rings is 1. The molecule has 28 heavy (non-hydrogen) atoms. The van der Waals surface area contributed by atoms with Gasteiger partial charge in [-0.15, -0.1) is 0 Å². The molecule has 1 aromatic rings. The second kappa shape index (κ2) is 8.21. The fraction of sp³-hybridized carbons (Fsp3) is 0.600. The number of sulfonamides is 1. The van der Waals surface area contributed by atoms with E-state index in [1.165, 1.54) is 12.8 Å². The molecule has 154 valence electrons. The van der Waals surface area contributed by atoms with Crippen LogP contribution in [0.5, 0.6) is 0 Å². The zero-order valence-corrected chi connectivity index (χ0v) is 17.8. The van der Waals surface area contributed by atoms with Gasteiger partial charge in [-0.2, -0.15) is 0 Å². The maximum atomic E-state index is 12.9. The number of nitrogens with zero attached hydrogens (tertiary/aromatic N) is 2. The first-order valence-corrected chi connectivity index (χ1v) is 11.4. The van der Waals surface area contributed by atoms with Crippen LogP contribution in [0, 0.1) is 5.92 Å². The molecular formula is C20H30N4O3S. The molecule has 2 N–H and O–H groups in total. The van der Waals surface area contributed by atoms with Crippen LogP contribution in [0.2, 0.25) is 0 Å². The van der Waals surface area contributed by atoms with Crippen molar-refractivity contribution in [2.45, 2.75) is 63.1 Å². The van der Waals surface area contributed by atoms with Crippen LogP contribution in [0.1, 0.15) is 45.6 Å². The zero-order chi connectivity index (χ0) is 20.5. The molecule has 1 aliphatic carbocycles. The molecule has 3 atom stereocenters. The van der Waals surface area contributed by atoms with E-state index in [0.717, 1.165) is 6.42 Å². The number of amides is 1. The molecule has 3 rings (SSSR count). The smallest absolute Gasteiger partial charge is 0.263 e. The van der Waals surface area contributed by atoms with Crippen LogP contribution in [0.25, 0.3) is 0 Å². The summed E-state index contributed by atoms with van der Waals surface area (Å²) in [6.07, 6.45) is 3.20. The van der Waals surface area contributed by atoms with E-state index in [9.17, 15) is 13.2 Å². The fourth-order valence-electron chi connectivity index (χ4n) is 3.37. The van der Waals surface area contributed by atoms with Gasteiger partial charge in [0.25, 0.3) is 10.0 Å². The molecule has 1 saturated carbocycles. The Labute approximate surface area is 167 Å². The third-order valence-corrected chi connectivity index (χ3v) is 7.17. The van der Waals surface area contributed by atoms with E-state index in [2.05, 4.69) is 33.9 Å². The van der Waals surface area contributed by atoms with Crippen molar-refractivity contribution in [3.63, 3.8) is 0 Å². The van der Waals surface area contributed by atoms with Crippen LogP contribution >= 0.6 is 0 Å². The number of carbonyl (C=O) groups is 1. The summed E-state index contributed by atoms with van der Waals surface area (Å²) in [4.78, 5) is 20.0. The Morgan fingerprint density at radius 3 is 2.64 bits per heavy atom. The van der Waals surface area contributed by atoms with Crippen molar-refractivity contribution >= 4 is 21.8 Å². The Bertz CT molecular complexity index is 864. The lowest BCUT2D eigenvalue weighted by atomic mass is 9.98. The first-order valence-electron chi connectivity index (χ1n) is 9.94. The van der Waals surface area contributed by atoms with E-state index < -0.39 is 16.1 Å². The molecule has 0 spiro atoms. The summed E-state index contributed by atoms with van der Waals surface area (Å²) in [7, 11) is -1.53. The highest BCUT2D eigenvalue weighted by atomic mass is 32.2. The summed E-state index contributed by atoms with van der Waals surface area (Å²) in [6.45, 7) is 6.61. The van der Waals surface area contributed by atoms with Gasteiger partial charge < -0.3 is 5.32 Å². The van der Waals surface area contributed by atoms with E-state index in [-0.39, 0.29) is 28.6 Å². The predicted molar refractivity (Wildman–Crippen MR) is 110 cm³/mol. The van der Waals surface area contributed by atoms with Gasteiger partial charge in [-0.05, 0) is 44.9 Å². The van der Waals surface area contributed by atoms with Gasteiger partial charge >= 0.3 is 0 Å². The number of amidine groups is 1. The van der Waals surface area contributed by atoms with Crippen molar-refractivity contribution in [2.24, 2.45) is 10.9 Å². The molecule has 0 bridgehead atoms. The molecule has 2 aliphatic rings. The summed E-state index contributed by atoms with van der Waals surface area (Å²) in [5.74, 6) is 0.0712. The minimum Gasteiger partial charge on any atom is -0.353 e. The number of hydrogen-bond acceptors (Lipinski definition) is 5. The molecule has 1 heterocycles. The SMILES string of the molecule is CC[C@H](C)[C@H](N=C1NS(=O)(=O)c2ccccc21)C(=O)NCC(C)N(C)C1CC1. The average molecular weight is 407 g/mol. The molecule has 1 aromatic carbocycles. The summed E-state index contributed by atoms with van der Waals surface area (Å²) < 4.78 is 27.1. The third-order valence-electron chi connectivity index (χ3n) is 5.77. The average Bonchev–Trinajstić information content (AvgIpc) is 3.49. The van der Waals surface area contributed by atoms with Gasteiger partial charge in [0.15, 0.2) is 0 Å². The van der Waals surface area contributed by atoms with E-state index in [1.807, 2.05) is 13.8 Å². The second-order valence-electron chi connectivity index (χ2n) is 7.90. The van der Waals surface area contributed by atoms with E-state index in [0.29, 0.717) is 18.2 Å². The lowest BCUT2D eigenvalue weighted by Crippen LogP contribution is -2.45. The number of carbonyl (C=O) groups excluding carboxylic acids is 1. The van der Waals surface area contributed by atoms with Crippen molar-refractivity contribution in [1.29, 1.82) is 0 Å². The molecular weight excluding hydrogens is 376 g/mol. The van der Waals surface area contributed by atoms with Crippen molar-refractivity contribution in [2.75, 3.05) is 13.6 Å². The molecule has 1 fully saturated rings. The summed E-state index contributed by atoms with van der Waals surface area (Å²) in [6, 6.07) is 6.93. The highest BCUT2D eigenvalue weighted by Crippen LogP contribution is 2.27. The highest BCUT2D eigenvalue weighted by molar-refractivity contribution is 7.90. The number of aliphatic imine (C=N–C) groups is 1. The normalized spacial score (nSPS) is 22.4. The molecule has 8 heteroatoms. The van der Waals surface area contributed by atoms with Crippen molar-refractivity contribution < 1.29 is 13.2 Å². The minimum absolute atomic E-state index is 0.0127. The van der Waals surface area contributed by atoms with Crippen molar-refractivity contribution in [3.8, 4) is 0 Å². The molecule has 7 nitrogen and oxygen atoms in total. The molecule has 0 aromatic heterocycles. The topological polar surface area (TPSA) is 90.9 Å². The van der Waals surface area contributed by atoms with Crippen LogP contribution in [-0.4, -0.2) is 56.8 Å². The first-order chi connectivity index (χ1) is 13.2. The molecule has 0 saturated heterocycles. The lowest BCUT2D eigenvalue weighted by molar-refractivity contribution is -0.123. The molecule has 1 aliphatic heterocycles. The molecule has 1 amide bonds. The zero-order valence-electron chi connectivity index (χ0n) is 17.0. The van der Waals surface area contributed by atoms with E-state index in [4.69, 9.17) is 0 Å². The number of likely N-dealkylation sites (N-methyl/N-ethyl adjacent to an activating group) is 1. The van der Waals surface area contributed by atoms with Crippen molar-refractivity contribution in [3.05, 3.63) is 29.8 Å². The third kappa shape index (κ3) is 4.38. The number of hydrogen-bond donors (Lipinski definition) is 2. The Balaban J connectivity index is 1.77. The Hall–Kier alpha value is -1.93. The van der Waals surface area contributed by atoms with Gasteiger partial charge in [0.05, 0.1) is 4.90 Å². The minimum atomic E-state index is -3.62. The van der Waals surface area contributed by atoms with Gasteiger partial charge in [0.2, 0.25) is 5.91 Å². The number of fused-ring (bicyclic) bond motifs is 1. The standard InChI is InChI=1S/C20H30N4O3S/c1-5-13(2)18(20(25)21-12-14(3)24(4)15-10-11-15)22-19-16-8-6-7-9-17(16)28(26,27)23-19/h6-9,13-15,18H,5,10-12H2,1-4H3,(H,21,25)(H,22,23)/t13-,14?,18-/m0/s1. The van der Waals surface area contributed by atoms with Gasteiger partial charge in [-0.25, -0.2) is 8.42 Å². The Kier molecular flexibility index (Phi) is 6.09. The van der Waals surface area contributed by atoms with Gasteiger partial charge in [0, 0.05) is 24.2 Å². The van der Waals surface area contributed by atoms with Crippen LogP contribution in [0.15, 0.2) is 34.2 Å². The highest BCUT2D eigenvalue weighted by Gasteiger charge is 2.33. The van der Waals surface area contributed by atoms with Crippen LogP contribution in [0.4, 0.5) is 0 Å². The quantitative estimate of drug-likeness (QED) is 0.688. The summed E-state index contributed by atoms with van der Waals surface area (Å²) >= 11 is 0. The summed E-state index contributed by atoms with van der Waals surface area (Å²) in [5.41, 5.74) is 0.519. The van der Waals surface area contributed by atoms with Gasteiger partial charge in [-0.3, -0.25) is 19.4 Å². The lowest BCUT2D eigenvalue weighted by Gasteiger charge is -2.26. The van der Waals surface area contributed by atoms with Crippen molar-refractivity contribution in [1.82, 2.24) is 14.9 Å². The van der Waals surface area contributed by atoms with Gasteiger partial charge in [-0.1, -0.05) is 32.4 Å². The number of nitrogens with one attached hydrogen (secondary N) is 2. The van der Waals surface area contributed by atoms with Crippen LogP contribution < -0.4 is 10.0 Å². The fourth-order valence-corrected chi connectivity index (χ4v) is 4.61. The van der Waals surface area contributed by atoms with E-state index in [1.54, 1.807) is 24.3 Å². The summed E-state index contributed by atoms with van der Waals surface area (Å²) in [5, 5.41) is 3.02. The Morgan fingerprint density at radius 1 is 1.32 bits per heavy atom. The first kappa shape index (κ1) is 20.8. The van der Waals surface area contributed by atoms with Crippen LogP contribution in [0.3, 0.4) is 0 Å². The second-order valence-corrected chi connectivity index (χ2v) is 9.55. The van der Waals surface area contributed by atoms with Gasteiger partial charge in [0.1, 0.15) is 11.9 Å². The van der Waals surface area contributed by atoms with E-state index >= 15 is 0 Å². The Morgan fingerprint density at radius 2 is 2.00 bits per heavy atom. The molecule has 0 radical (unpaired) electrons. The number of rotatable bonds is 8.